The van der Waals surface area contributed by atoms with Crippen LogP contribution in [0.15, 0.2) is 36.4 Å². The topological polar surface area (TPSA) is 21.3 Å². The highest BCUT2D eigenvalue weighted by atomic mass is 16.5. The average molecular weight is 251 g/mol. The summed E-state index contributed by atoms with van der Waals surface area (Å²) < 4.78 is 5.91. The first kappa shape index (κ1) is 10.9. The Morgan fingerprint density at radius 2 is 2.00 bits per heavy atom. The Kier molecular flexibility index (Phi) is 2.47. The van der Waals surface area contributed by atoms with Gasteiger partial charge in [-0.2, -0.15) is 0 Å². The zero-order chi connectivity index (χ0) is 12.7. The van der Waals surface area contributed by atoms with Gasteiger partial charge in [0.1, 0.15) is 5.75 Å². The van der Waals surface area contributed by atoms with Crippen molar-refractivity contribution in [2.24, 2.45) is 0 Å². The quantitative estimate of drug-likeness (QED) is 0.835. The Morgan fingerprint density at radius 3 is 3.00 bits per heavy atom. The molecule has 0 saturated carbocycles. The molecule has 2 heteroatoms. The van der Waals surface area contributed by atoms with Gasteiger partial charge in [0.2, 0.25) is 0 Å². The number of anilines is 1. The third kappa shape index (κ3) is 1.79. The summed E-state index contributed by atoms with van der Waals surface area (Å²) in [5.41, 5.74) is 6.58. The summed E-state index contributed by atoms with van der Waals surface area (Å²) in [4.78, 5) is 0. The largest absolute Gasteiger partial charge is 0.493 e. The highest BCUT2D eigenvalue weighted by Gasteiger charge is 2.17. The number of aryl methyl sites for hydroxylation is 1. The number of hydrogen-bond donors (Lipinski definition) is 1. The second kappa shape index (κ2) is 4.30. The van der Waals surface area contributed by atoms with E-state index in [4.69, 9.17) is 4.74 Å². The average Bonchev–Trinajstić information content (AvgIpc) is 2.94. The van der Waals surface area contributed by atoms with Crippen molar-refractivity contribution in [3.63, 3.8) is 0 Å². The number of hydrogen-bond acceptors (Lipinski definition) is 2. The number of ether oxygens (including phenoxy) is 1. The molecule has 96 valence electrons. The summed E-state index contributed by atoms with van der Waals surface area (Å²) in [5, 5.41) is 3.41. The maximum absolute atomic E-state index is 5.91. The van der Waals surface area contributed by atoms with E-state index in [9.17, 15) is 0 Å². The van der Waals surface area contributed by atoms with Gasteiger partial charge in [-0.1, -0.05) is 24.3 Å². The van der Waals surface area contributed by atoms with Crippen molar-refractivity contribution in [3.8, 4) is 16.9 Å². The Labute approximate surface area is 113 Å². The molecule has 0 spiro atoms. The highest BCUT2D eigenvalue weighted by Crippen LogP contribution is 2.38. The van der Waals surface area contributed by atoms with Crippen molar-refractivity contribution in [3.05, 3.63) is 47.5 Å². The van der Waals surface area contributed by atoms with E-state index < -0.39 is 0 Å². The monoisotopic (exact) mass is 251 g/mol. The molecular formula is C17H17NO. The third-order valence-corrected chi connectivity index (χ3v) is 4.06. The fourth-order valence-electron chi connectivity index (χ4n) is 3.09. The van der Waals surface area contributed by atoms with E-state index in [0.29, 0.717) is 0 Å². The lowest BCUT2D eigenvalue weighted by molar-refractivity contribution is 0.289. The molecule has 0 unspecified atom stereocenters. The van der Waals surface area contributed by atoms with Gasteiger partial charge >= 0.3 is 0 Å². The molecule has 4 rings (SSSR count). The van der Waals surface area contributed by atoms with Crippen LogP contribution in [0.1, 0.15) is 17.5 Å². The Morgan fingerprint density at radius 1 is 1.00 bits per heavy atom. The molecule has 2 heterocycles. The third-order valence-electron chi connectivity index (χ3n) is 4.06. The Balaban J connectivity index is 1.84. The molecule has 2 aromatic rings. The van der Waals surface area contributed by atoms with Gasteiger partial charge in [0.25, 0.3) is 0 Å². The van der Waals surface area contributed by atoms with Gasteiger partial charge in [0.05, 0.1) is 6.61 Å². The smallest absolute Gasteiger partial charge is 0.130 e. The van der Waals surface area contributed by atoms with Crippen LogP contribution in [0.5, 0.6) is 5.75 Å². The first-order chi connectivity index (χ1) is 9.42. The van der Waals surface area contributed by atoms with E-state index in [-0.39, 0.29) is 0 Å². The number of para-hydroxylation sites is 1. The van der Waals surface area contributed by atoms with Gasteiger partial charge in [-0.25, -0.2) is 0 Å². The zero-order valence-corrected chi connectivity index (χ0v) is 10.9. The van der Waals surface area contributed by atoms with Crippen LogP contribution < -0.4 is 10.1 Å². The van der Waals surface area contributed by atoms with Crippen LogP contribution in [-0.2, 0) is 12.8 Å². The lowest BCUT2D eigenvalue weighted by Gasteiger charge is -2.20. The Bertz CT molecular complexity index is 633. The lowest BCUT2D eigenvalue weighted by atomic mass is 9.96. The van der Waals surface area contributed by atoms with Crippen molar-refractivity contribution in [1.82, 2.24) is 0 Å². The minimum absolute atomic E-state index is 0.844. The maximum atomic E-state index is 5.91. The molecular weight excluding hydrogens is 234 g/mol. The van der Waals surface area contributed by atoms with Crippen LogP contribution in [0.3, 0.4) is 0 Å². The molecule has 0 bridgehead atoms. The van der Waals surface area contributed by atoms with Crippen molar-refractivity contribution in [2.75, 3.05) is 18.5 Å². The molecule has 0 radical (unpaired) electrons. The summed E-state index contributed by atoms with van der Waals surface area (Å²) in [6.45, 7) is 1.90. The van der Waals surface area contributed by atoms with Gasteiger partial charge < -0.3 is 10.1 Å². The summed E-state index contributed by atoms with van der Waals surface area (Å²) >= 11 is 0. The van der Waals surface area contributed by atoms with E-state index in [1.807, 2.05) is 0 Å². The molecule has 0 fully saturated rings. The molecule has 19 heavy (non-hydrogen) atoms. The highest BCUT2D eigenvalue weighted by molar-refractivity contribution is 5.75. The van der Waals surface area contributed by atoms with Crippen LogP contribution in [0.25, 0.3) is 11.1 Å². The Hall–Kier alpha value is -1.96. The molecule has 0 amide bonds. The SMILES string of the molecule is c1cc2c(c(-c3ccc4c(c3)CCN4)c1)OCCC2. The lowest BCUT2D eigenvalue weighted by Crippen LogP contribution is -2.09. The van der Waals surface area contributed by atoms with Crippen molar-refractivity contribution >= 4 is 5.69 Å². The van der Waals surface area contributed by atoms with Gasteiger partial charge in [-0.05, 0) is 48.1 Å². The van der Waals surface area contributed by atoms with Crippen molar-refractivity contribution < 1.29 is 4.74 Å². The summed E-state index contributed by atoms with van der Waals surface area (Å²) in [7, 11) is 0. The van der Waals surface area contributed by atoms with Gasteiger partial charge in [0.15, 0.2) is 0 Å². The molecule has 2 aliphatic rings. The molecule has 0 aromatic heterocycles. The maximum Gasteiger partial charge on any atom is 0.130 e. The minimum atomic E-state index is 0.844. The predicted octanol–water partition coefficient (Wildman–Crippen LogP) is 3.65. The molecule has 2 aliphatic heterocycles. The number of nitrogens with one attached hydrogen (secondary N) is 1. The van der Waals surface area contributed by atoms with Crippen molar-refractivity contribution in [2.45, 2.75) is 19.3 Å². The van der Waals surface area contributed by atoms with Gasteiger partial charge in [-0.15, -0.1) is 0 Å². The van der Waals surface area contributed by atoms with E-state index in [0.717, 1.165) is 38.2 Å². The fraction of sp³-hybridized carbons (Fsp3) is 0.294. The normalized spacial score (nSPS) is 16.2. The fourth-order valence-corrected chi connectivity index (χ4v) is 3.09. The van der Waals surface area contributed by atoms with Crippen LogP contribution in [0.4, 0.5) is 5.69 Å². The van der Waals surface area contributed by atoms with E-state index in [1.165, 1.54) is 27.9 Å². The van der Waals surface area contributed by atoms with Crippen molar-refractivity contribution in [1.29, 1.82) is 0 Å². The first-order valence-corrected chi connectivity index (χ1v) is 7.04. The van der Waals surface area contributed by atoms with Crippen LogP contribution >= 0.6 is 0 Å². The molecule has 2 aromatic carbocycles. The second-order valence-electron chi connectivity index (χ2n) is 5.29. The molecule has 0 saturated heterocycles. The first-order valence-electron chi connectivity index (χ1n) is 7.04. The minimum Gasteiger partial charge on any atom is -0.493 e. The van der Waals surface area contributed by atoms with E-state index in [2.05, 4.69) is 41.7 Å². The number of rotatable bonds is 1. The number of benzene rings is 2. The predicted molar refractivity (Wildman–Crippen MR) is 77.9 cm³/mol. The van der Waals surface area contributed by atoms with E-state index >= 15 is 0 Å². The molecule has 2 nitrogen and oxygen atoms in total. The molecule has 1 N–H and O–H groups in total. The molecule has 0 atom stereocenters. The molecule has 0 aliphatic carbocycles. The van der Waals surface area contributed by atoms with Crippen LogP contribution in [-0.4, -0.2) is 13.2 Å². The van der Waals surface area contributed by atoms with E-state index in [1.54, 1.807) is 0 Å². The van der Waals surface area contributed by atoms with Gasteiger partial charge in [-0.3, -0.25) is 0 Å². The van der Waals surface area contributed by atoms with Crippen LogP contribution in [0.2, 0.25) is 0 Å². The number of fused-ring (bicyclic) bond motifs is 2. The summed E-state index contributed by atoms with van der Waals surface area (Å²) in [5.74, 6) is 1.10. The summed E-state index contributed by atoms with van der Waals surface area (Å²) in [6.07, 6.45) is 3.39. The summed E-state index contributed by atoms with van der Waals surface area (Å²) in [6, 6.07) is 13.2. The van der Waals surface area contributed by atoms with Crippen LogP contribution in [0, 0.1) is 0 Å². The van der Waals surface area contributed by atoms with Gasteiger partial charge in [0, 0.05) is 17.8 Å². The standard InChI is InChI=1S/C17H17NO/c1-3-12-4-2-10-19-17(12)15(5-1)13-6-7-16-14(11-13)8-9-18-16/h1,3,5-7,11,18H,2,4,8-10H2. The zero-order valence-electron chi connectivity index (χ0n) is 10.9. The second-order valence-corrected chi connectivity index (χ2v) is 5.29.